The van der Waals surface area contributed by atoms with Gasteiger partial charge in [0.1, 0.15) is 0 Å². The molecule has 2 aliphatic rings. The van der Waals surface area contributed by atoms with Crippen LogP contribution in [0.2, 0.25) is 0 Å². The second-order valence-corrected chi connectivity index (χ2v) is 7.50. The van der Waals surface area contributed by atoms with E-state index in [0.717, 1.165) is 23.7 Å². The molecule has 1 heterocycles. The van der Waals surface area contributed by atoms with Crippen molar-refractivity contribution in [2.75, 3.05) is 19.7 Å². The number of amides is 1. The number of guanidine groups is 1. The van der Waals surface area contributed by atoms with E-state index in [0.29, 0.717) is 31.6 Å². The Kier molecular flexibility index (Phi) is 8.00. The second-order valence-electron chi connectivity index (χ2n) is 6.58. The van der Waals surface area contributed by atoms with Crippen molar-refractivity contribution in [3.63, 3.8) is 0 Å². The van der Waals surface area contributed by atoms with Gasteiger partial charge in [0.05, 0.1) is 12.6 Å². The van der Waals surface area contributed by atoms with Crippen LogP contribution in [0.3, 0.4) is 0 Å². The van der Waals surface area contributed by atoms with Crippen molar-refractivity contribution in [2.24, 2.45) is 10.7 Å². The lowest BCUT2D eigenvalue weighted by atomic mass is 10.1. The zero-order valence-electron chi connectivity index (χ0n) is 14.9. The van der Waals surface area contributed by atoms with E-state index in [9.17, 15) is 4.79 Å². The first-order valence-corrected chi connectivity index (χ1v) is 9.63. The molecular weight excluding hydrogens is 511 g/mol. The molecule has 0 aromatic heterocycles. The van der Waals surface area contributed by atoms with E-state index in [4.69, 9.17) is 10.5 Å². The third-order valence-corrected chi connectivity index (χ3v) is 5.26. The predicted octanol–water partition coefficient (Wildman–Crippen LogP) is 3.45. The van der Waals surface area contributed by atoms with Crippen LogP contribution in [0, 0.1) is 0 Å². The average molecular weight is 537 g/mol. The maximum absolute atomic E-state index is 11.7. The molecule has 1 aliphatic heterocycles. The number of benzene rings is 1. The first kappa shape index (κ1) is 21.3. The SMILES string of the molecule is CCOC(=O)N1CCC(NC(N)=NC2CC2c2ccc(Br)cc2)CC1.I. The van der Waals surface area contributed by atoms with Gasteiger partial charge >= 0.3 is 6.09 Å². The highest BCUT2D eigenvalue weighted by molar-refractivity contribution is 14.0. The lowest BCUT2D eigenvalue weighted by Crippen LogP contribution is -2.48. The highest BCUT2D eigenvalue weighted by Gasteiger charge is 2.38. The third-order valence-electron chi connectivity index (χ3n) is 4.73. The molecule has 3 rings (SSSR count). The second kappa shape index (κ2) is 9.77. The summed E-state index contributed by atoms with van der Waals surface area (Å²) >= 11 is 3.46. The van der Waals surface area contributed by atoms with Crippen molar-refractivity contribution in [1.29, 1.82) is 0 Å². The number of carbonyl (C=O) groups is 1. The van der Waals surface area contributed by atoms with Gasteiger partial charge in [0.15, 0.2) is 5.96 Å². The molecule has 1 amide bonds. The van der Waals surface area contributed by atoms with E-state index in [2.05, 4.69) is 50.5 Å². The zero-order valence-corrected chi connectivity index (χ0v) is 18.8. The highest BCUT2D eigenvalue weighted by Crippen LogP contribution is 2.43. The molecular formula is C18H26BrIN4O2. The summed E-state index contributed by atoms with van der Waals surface area (Å²) in [6.45, 7) is 3.61. The van der Waals surface area contributed by atoms with Crippen molar-refractivity contribution in [3.05, 3.63) is 34.3 Å². The maximum atomic E-state index is 11.7. The summed E-state index contributed by atoms with van der Waals surface area (Å²) in [4.78, 5) is 18.1. The lowest BCUT2D eigenvalue weighted by Gasteiger charge is -2.31. The van der Waals surface area contributed by atoms with Crippen molar-refractivity contribution in [1.82, 2.24) is 10.2 Å². The Balaban J connectivity index is 0.00000243. The van der Waals surface area contributed by atoms with Crippen molar-refractivity contribution in [2.45, 2.75) is 44.2 Å². The van der Waals surface area contributed by atoms with Gasteiger partial charge in [0.25, 0.3) is 0 Å². The van der Waals surface area contributed by atoms with E-state index < -0.39 is 0 Å². The topological polar surface area (TPSA) is 80.0 Å². The van der Waals surface area contributed by atoms with Crippen molar-refractivity contribution >= 4 is 52.0 Å². The van der Waals surface area contributed by atoms with E-state index in [-0.39, 0.29) is 42.2 Å². The third kappa shape index (κ3) is 5.73. The molecule has 8 heteroatoms. The molecule has 2 unspecified atom stereocenters. The number of rotatable bonds is 4. The summed E-state index contributed by atoms with van der Waals surface area (Å²) in [5.41, 5.74) is 7.39. The number of nitrogens with zero attached hydrogens (tertiary/aromatic N) is 2. The van der Waals surface area contributed by atoms with Gasteiger partial charge in [-0.05, 0) is 43.9 Å². The number of halogens is 2. The first-order chi connectivity index (χ1) is 12.1. The Morgan fingerprint density at radius 2 is 2.00 bits per heavy atom. The number of hydrogen-bond donors (Lipinski definition) is 2. The van der Waals surface area contributed by atoms with E-state index in [1.165, 1.54) is 5.56 Å². The molecule has 1 aromatic carbocycles. The summed E-state index contributed by atoms with van der Waals surface area (Å²) in [5.74, 6) is 0.985. The highest BCUT2D eigenvalue weighted by atomic mass is 127. The molecule has 2 atom stereocenters. The van der Waals surface area contributed by atoms with Crippen LogP contribution in [-0.2, 0) is 4.74 Å². The fraction of sp³-hybridized carbons (Fsp3) is 0.556. The van der Waals surface area contributed by atoms with Crippen molar-refractivity contribution in [3.8, 4) is 0 Å². The fourth-order valence-electron chi connectivity index (χ4n) is 3.24. The van der Waals surface area contributed by atoms with Gasteiger partial charge in [-0.15, -0.1) is 24.0 Å². The normalized spacial score (nSPS) is 23.2. The Morgan fingerprint density at radius 1 is 1.35 bits per heavy atom. The summed E-state index contributed by atoms with van der Waals surface area (Å²) in [7, 11) is 0. The standard InChI is InChI=1S/C18H25BrN4O2.HI/c1-2-25-18(24)23-9-7-14(8-10-23)21-17(20)22-16-11-15(16)12-3-5-13(19)6-4-12;/h3-6,14-16H,2,7-11H2,1H3,(H3,20,21,22);1H. The van der Waals surface area contributed by atoms with Crippen LogP contribution < -0.4 is 11.1 Å². The summed E-state index contributed by atoms with van der Waals surface area (Å²) < 4.78 is 6.13. The van der Waals surface area contributed by atoms with E-state index in [1.807, 2.05) is 6.92 Å². The summed E-state index contributed by atoms with van der Waals surface area (Å²) in [5, 5.41) is 3.30. The minimum atomic E-state index is -0.224. The van der Waals surface area contributed by atoms with Crippen molar-refractivity contribution < 1.29 is 9.53 Å². The van der Waals surface area contributed by atoms with Crippen LogP contribution in [0.4, 0.5) is 4.79 Å². The molecule has 1 saturated heterocycles. The van der Waals surface area contributed by atoms with Gasteiger partial charge in [-0.1, -0.05) is 28.1 Å². The Hall–Kier alpha value is -1.03. The maximum Gasteiger partial charge on any atom is 0.409 e. The Bertz CT molecular complexity index is 633. The van der Waals surface area contributed by atoms with Gasteiger partial charge in [0, 0.05) is 29.5 Å². The van der Waals surface area contributed by atoms with Crippen LogP contribution in [0.5, 0.6) is 0 Å². The molecule has 6 nitrogen and oxygen atoms in total. The van der Waals surface area contributed by atoms with Crippen LogP contribution in [-0.4, -0.2) is 48.7 Å². The van der Waals surface area contributed by atoms with Crippen LogP contribution >= 0.6 is 39.9 Å². The van der Waals surface area contributed by atoms with Gasteiger partial charge in [-0.25, -0.2) is 9.79 Å². The summed E-state index contributed by atoms with van der Waals surface area (Å²) in [6.07, 6.45) is 2.54. The quantitative estimate of drug-likeness (QED) is 0.351. The molecule has 1 saturated carbocycles. The number of ether oxygens (including phenoxy) is 1. The smallest absolute Gasteiger partial charge is 0.409 e. The largest absolute Gasteiger partial charge is 0.450 e. The predicted molar refractivity (Wildman–Crippen MR) is 117 cm³/mol. The summed E-state index contributed by atoms with van der Waals surface area (Å²) in [6, 6.07) is 8.94. The minimum absolute atomic E-state index is 0. The molecule has 3 N–H and O–H groups in total. The lowest BCUT2D eigenvalue weighted by molar-refractivity contribution is 0.0963. The molecule has 0 bridgehead atoms. The average Bonchev–Trinajstić information content (AvgIpc) is 3.35. The first-order valence-electron chi connectivity index (χ1n) is 8.83. The number of piperidine rings is 1. The van der Waals surface area contributed by atoms with Crippen LogP contribution in [0.1, 0.15) is 37.7 Å². The van der Waals surface area contributed by atoms with Gasteiger partial charge in [-0.3, -0.25) is 0 Å². The molecule has 26 heavy (non-hydrogen) atoms. The monoisotopic (exact) mass is 536 g/mol. The number of nitrogens with one attached hydrogen (secondary N) is 1. The molecule has 2 fully saturated rings. The van der Waals surface area contributed by atoms with Gasteiger partial charge < -0.3 is 20.7 Å². The Labute approximate surface area is 180 Å². The number of likely N-dealkylation sites (tertiary alicyclic amines) is 1. The number of aliphatic imine (C=N–C) groups is 1. The molecule has 1 aromatic rings. The number of hydrogen-bond acceptors (Lipinski definition) is 3. The molecule has 144 valence electrons. The van der Waals surface area contributed by atoms with Gasteiger partial charge in [-0.2, -0.15) is 0 Å². The van der Waals surface area contributed by atoms with E-state index >= 15 is 0 Å². The van der Waals surface area contributed by atoms with Gasteiger partial charge in [0.2, 0.25) is 0 Å². The zero-order chi connectivity index (χ0) is 17.8. The van der Waals surface area contributed by atoms with E-state index in [1.54, 1.807) is 4.90 Å². The molecule has 0 spiro atoms. The molecule has 0 radical (unpaired) electrons. The number of nitrogens with two attached hydrogens (primary N) is 1. The molecule has 1 aliphatic carbocycles. The van der Waals surface area contributed by atoms with Crippen LogP contribution in [0.15, 0.2) is 33.7 Å². The van der Waals surface area contributed by atoms with Crippen LogP contribution in [0.25, 0.3) is 0 Å². The fourth-order valence-corrected chi connectivity index (χ4v) is 3.50. The number of carbonyl (C=O) groups excluding carboxylic acids is 1. The Morgan fingerprint density at radius 3 is 2.62 bits per heavy atom. The minimum Gasteiger partial charge on any atom is -0.450 e.